The van der Waals surface area contributed by atoms with Crippen LogP contribution < -0.4 is 5.32 Å². The second-order valence-electron chi connectivity index (χ2n) is 2.89. The quantitative estimate of drug-likeness (QED) is 0.900. The van der Waals surface area contributed by atoms with Gasteiger partial charge < -0.3 is 5.32 Å². The summed E-state index contributed by atoms with van der Waals surface area (Å²) in [5.41, 5.74) is 0. The molecule has 8 heteroatoms. The molecule has 2 aromatic rings. The van der Waals surface area contributed by atoms with Crippen molar-refractivity contribution in [3.05, 3.63) is 29.0 Å². The number of rotatable bonds is 4. The number of aromatic nitrogens is 5. The summed E-state index contributed by atoms with van der Waals surface area (Å²) in [5.74, 6) is 0.358. The molecule has 0 spiro atoms. The van der Waals surface area contributed by atoms with Gasteiger partial charge in [0.25, 0.3) is 0 Å². The van der Waals surface area contributed by atoms with Crippen molar-refractivity contribution in [2.75, 3.05) is 11.9 Å². The van der Waals surface area contributed by atoms with Gasteiger partial charge in [0.05, 0.1) is 6.54 Å². The number of halogens is 2. The molecule has 0 radical (unpaired) electrons. The summed E-state index contributed by atoms with van der Waals surface area (Å²) >= 11 is 11.2. The van der Waals surface area contributed by atoms with Crippen LogP contribution in [-0.4, -0.2) is 31.3 Å². The minimum atomic E-state index is 0.0709. The van der Waals surface area contributed by atoms with E-state index in [-0.39, 0.29) is 10.6 Å². The molecule has 1 N–H and O–H groups in total. The Kier molecular flexibility index (Phi) is 3.53. The molecule has 0 aliphatic carbocycles. The fourth-order valence-electron chi connectivity index (χ4n) is 1.12. The average molecular weight is 259 g/mol. The van der Waals surface area contributed by atoms with Crippen molar-refractivity contribution >= 4 is 29.2 Å². The molecular formula is C8H8Cl2N6. The highest BCUT2D eigenvalue weighted by atomic mass is 35.5. The minimum absolute atomic E-state index is 0.0709. The third-order valence-corrected chi connectivity index (χ3v) is 2.10. The Labute approximate surface area is 102 Å². The van der Waals surface area contributed by atoms with Gasteiger partial charge in [-0.2, -0.15) is 20.1 Å². The van der Waals surface area contributed by atoms with Crippen molar-refractivity contribution in [2.45, 2.75) is 6.54 Å². The van der Waals surface area contributed by atoms with E-state index in [0.29, 0.717) is 19.0 Å². The molecule has 0 saturated heterocycles. The molecule has 0 amide bonds. The lowest BCUT2D eigenvalue weighted by Gasteiger charge is -2.04. The van der Waals surface area contributed by atoms with E-state index in [1.807, 2.05) is 12.3 Å². The Morgan fingerprint density at radius 1 is 1.19 bits per heavy atom. The predicted octanol–water partition coefficient (Wildman–Crippen LogP) is 1.49. The van der Waals surface area contributed by atoms with Crippen molar-refractivity contribution in [1.82, 2.24) is 24.7 Å². The number of hydrogen-bond acceptors (Lipinski definition) is 5. The summed E-state index contributed by atoms with van der Waals surface area (Å²) in [6.45, 7) is 1.33. The van der Waals surface area contributed by atoms with Crippen LogP contribution in [0.4, 0.5) is 5.95 Å². The van der Waals surface area contributed by atoms with Gasteiger partial charge in [-0.15, -0.1) is 0 Å². The Morgan fingerprint density at radius 3 is 2.56 bits per heavy atom. The Balaban J connectivity index is 1.89. The molecule has 0 saturated carbocycles. The molecule has 2 rings (SSSR count). The van der Waals surface area contributed by atoms with Gasteiger partial charge in [0, 0.05) is 18.9 Å². The van der Waals surface area contributed by atoms with E-state index < -0.39 is 0 Å². The topological polar surface area (TPSA) is 68.5 Å². The first-order chi connectivity index (χ1) is 7.74. The van der Waals surface area contributed by atoms with E-state index in [1.54, 1.807) is 10.9 Å². The second-order valence-corrected chi connectivity index (χ2v) is 3.57. The van der Waals surface area contributed by atoms with Gasteiger partial charge >= 0.3 is 0 Å². The third kappa shape index (κ3) is 3.04. The smallest absolute Gasteiger partial charge is 0.228 e. The summed E-state index contributed by atoms with van der Waals surface area (Å²) in [5, 5.41) is 7.17. The van der Waals surface area contributed by atoms with Crippen molar-refractivity contribution in [3.8, 4) is 0 Å². The molecule has 84 valence electrons. The van der Waals surface area contributed by atoms with Crippen LogP contribution in [0.25, 0.3) is 0 Å². The second kappa shape index (κ2) is 5.09. The van der Waals surface area contributed by atoms with Crippen LogP contribution in [0.5, 0.6) is 0 Å². The van der Waals surface area contributed by atoms with Crippen LogP contribution in [0.15, 0.2) is 18.5 Å². The first-order valence-electron chi connectivity index (χ1n) is 4.52. The van der Waals surface area contributed by atoms with E-state index in [0.717, 1.165) is 0 Å². The average Bonchev–Trinajstić information content (AvgIpc) is 2.69. The van der Waals surface area contributed by atoms with E-state index in [2.05, 4.69) is 25.4 Å². The molecule has 6 nitrogen and oxygen atoms in total. The van der Waals surface area contributed by atoms with Crippen LogP contribution in [0.3, 0.4) is 0 Å². The molecular weight excluding hydrogens is 251 g/mol. The van der Waals surface area contributed by atoms with Gasteiger partial charge in [0.1, 0.15) is 0 Å². The van der Waals surface area contributed by atoms with Crippen LogP contribution >= 0.6 is 23.2 Å². The Morgan fingerprint density at radius 2 is 1.94 bits per heavy atom. The van der Waals surface area contributed by atoms with E-state index in [1.165, 1.54) is 0 Å². The number of anilines is 1. The SMILES string of the molecule is Clc1nc(Cl)nc(NCCn2cccn2)n1. The first-order valence-corrected chi connectivity index (χ1v) is 5.28. The zero-order valence-electron chi connectivity index (χ0n) is 8.14. The maximum absolute atomic E-state index is 5.62. The molecule has 0 unspecified atom stereocenters. The van der Waals surface area contributed by atoms with Crippen molar-refractivity contribution < 1.29 is 0 Å². The predicted molar refractivity (Wildman–Crippen MR) is 60.6 cm³/mol. The zero-order chi connectivity index (χ0) is 11.4. The Hall–Kier alpha value is -1.40. The first kappa shape index (κ1) is 11.1. The lowest BCUT2D eigenvalue weighted by Crippen LogP contribution is -2.13. The molecule has 0 atom stereocenters. The molecule has 2 aromatic heterocycles. The molecule has 0 bridgehead atoms. The molecule has 0 aliphatic heterocycles. The van der Waals surface area contributed by atoms with Crippen molar-refractivity contribution in [3.63, 3.8) is 0 Å². The highest BCUT2D eigenvalue weighted by Crippen LogP contribution is 2.09. The Bertz CT molecular complexity index is 437. The summed E-state index contributed by atoms with van der Waals surface area (Å²) < 4.78 is 1.79. The molecule has 0 fully saturated rings. The maximum atomic E-state index is 5.62. The van der Waals surface area contributed by atoms with Crippen LogP contribution in [-0.2, 0) is 6.54 Å². The zero-order valence-corrected chi connectivity index (χ0v) is 9.65. The van der Waals surface area contributed by atoms with Gasteiger partial charge in [-0.05, 0) is 29.3 Å². The highest BCUT2D eigenvalue weighted by molar-refractivity contribution is 6.31. The standard InChI is InChI=1S/C8H8Cl2N6/c9-6-13-7(10)15-8(14-6)11-3-5-16-4-1-2-12-16/h1-2,4H,3,5H2,(H,11,13,14,15). The summed E-state index contributed by atoms with van der Waals surface area (Å²) in [7, 11) is 0. The van der Waals surface area contributed by atoms with Crippen LogP contribution in [0, 0.1) is 0 Å². The molecule has 0 aromatic carbocycles. The molecule has 16 heavy (non-hydrogen) atoms. The van der Waals surface area contributed by atoms with Gasteiger partial charge in [-0.25, -0.2) is 0 Å². The van der Waals surface area contributed by atoms with E-state index >= 15 is 0 Å². The third-order valence-electron chi connectivity index (χ3n) is 1.76. The summed E-state index contributed by atoms with van der Waals surface area (Å²) in [6.07, 6.45) is 3.59. The number of nitrogens with one attached hydrogen (secondary N) is 1. The summed E-state index contributed by atoms with van der Waals surface area (Å²) in [6, 6.07) is 1.86. The lowest BCUT2D eigenvalue weighted by atomic mass is 10.6. The summed E-state index contributed by atoms with van der Waals surface area (Å²) in [4.78, 5) is 11.4. The maximum Gasteiger partial charge on any atom is 0.228 e. The molecule has 2 heterocycles. The van der Waals surface area contributed by atoms with Crippen LogP contribution in [0.2, 0.25) is 10.6 Å². The van der Waals surface area contributed by atoms with E-state index in [9.17, 15) is 0 Å². The monoisotopic (exact) mass is 258 g/mol. The highest BCUT2D eigenvalue weighted by Gasteiger charge is 2.01. The van der Waals surface area contributed by atoms with Gasteiger partial charge in [0.2, 0.25) is 16.5 Å². The molecule has 0 aliphatic rings. The fraction of sp³-hybridized carbons (Fsp3) is 0.250. The number of nitrogens with zero attached hydrogens (tertiary/aromatic N) is 5. The largest absolute Gasteiger partial charge is 0.352 e. The van der Waals surface area contributed by atoms with E-state index in [4.69, 9.17) is 23.2 Å². The minimum Gasteiger partial charge on any atom is -0.352 e. The van der Waals surface area contributed by atoms with Crippen molar-refractivity contribution in [2.24, 2.45) is 0 Å². The van der Waals surface area contributed by atoms with Gasteiger partial charge in [-0.1, -0.05) is 0 Å². The normalized spacial score (nSPS) is 10.4. The van der Waals surface area contributed by atoms with Crippen LogP contribution in [0.1, 0.15) is 0 Å². The van der Waals surface area contributed by atoms with Crippen molar-refractivity contribution in [1.29, 1.82) is 0 Å². The van der Waals surface area contributed by atoms with Gasteiger partial charge in [-0.3, -0.25) is 4.68 Å². The number of hydrogen-bond donors (Lipinski definition) is 1. The lowest BCUT2D eigenvalue weighted by molar-refractivity contribution is 0.636. The fourth-order valence-corrected chi connectivity index (χ4v) is 1.48. The van der Waals surface area contributed by atoms with Gasteiger partial charge in [0.15, 0.2) is 0 Å².